The van der Waals surface area contributed by atoms with Crippen molar-refractivity contribution in [1.82, 2.24) is 15.3 Å². The van der Waals surface area contributed by atoms with Gasteiger partial charge in [0.25, 0.3) is 5.91 Å². The monoisotopic (exact) mass is 289 g/mol. The lowest BCUT2D eigenvalue weighted by Crippen LogP contribution is -2.24. The molecule has 1 amide bonds. The minimum Gasteiger partial charge on any atom is -0.345 e. The van der Waals surface area contributed by atoms with Crippen molar-refractivity contribution in [3.8, 4) is 11.1 Å². The highest BCUT2D eigenvalue weighted by Crippen LogP contribution is 2.17. The molecule has 0 aliphatic heterocycles. The van der Waals surface area contributed by atoms with Crippen LogP contribution in [0.1, 0.15) is 16.2 Å². The van der Waals surface area contributed by atoms with E-state index in [4.69, 9.17) is 0 Å². The Balaban J connectivity index is 1.66. The number of amides is 1. The van der Waals surface area contributed by atoms with Crippen LogP contribution in [-0.4, -0.2) is 15.9 Å². The molecule has 1 aromatic carbocycles. The zero-order valence-corrected chi connectivity index (χ0v) is 11.9. The Kier molecular flexibility index (Phi) is 4.20. The van der Waals surface area contributed by atoms with Crippen LogP contribution in [0.5, 0.6) is 0 Å². The fourth-order valence-corrected chi connectivity index (χ4v) is 2.09. The summed E-state index contributed by atoms with van der Waals surface area (Å²) in [6.45, 7) is 0.391. The maximum absolute atomic E-state index is 12.1. The number of nitrogens with zero attached hydrogens (tertiary/aromatic N) is 2. The molecule has 3 aromatic rings. The molecular formula is C18H15N3O. The first-order chi connectivity index (χ1) is 10.8. The van der Waals surface area contributed by atoms with Gasteiger partial charge in [0.05, 0.1) is 12.2 Å². The van der Waals surface area contributed by atoms with Gasteiger partial charge >= 0.3 is 0 Å². The normalized spacial score (nSPS) is 10.2. The van der Waals surface area contributed by atoms with Crippen molar-refractivity contribution in [2.75, 3.05) is 0 Å². The van der Waals surface area contributed by atoms with Crippen molar-refractivity contribution in [3.63, 3.8) is 0 Å². The Morgan fingerprint density at radius 1 is 0.864 bits per heavy atom. The number of hydrogen-bond acceptors (Lipinski definition) is 3. The summed E-state index contributed by atoms with van der Waals surface area (Å²) < 4.78 is 0. The van der Waals surface area contributed by atoms with Crippen LogP contribution < -0.4 is 5.32 Å². The predicted octanol–water partition coefficient (Wildman–Crippen LogP) is 3.07. The number of carbonyl (C=O) groups is 1. The summed E-state index contributed by atoms with van der Waals surface area (Å²) in [4.78, 5) is 20.5. The maximum atomic E-state index is 12.1. The lowest BCUT2D eigenvalue weighted by atomic mass is 10.1. The average molecular weight is 289 g/mol. The Labute approximate surface area is 128 Å². The van der Waals surface area contributed by atoms with Crippen molar-refractivity contribution in [2.24, 2.45) is 0 Å². The molecule has 4 nitrogen and oxygen atoms in total. The van der Waals surface area contributed by atoms with Crippen LogP contribution in [0, 0.1) is 0 Å². The van der Waals surface area contributed by atoms with E-state index in [2.05, 4.69) is 15.3 Å². The molecular weight excluding hydrogens is 274 g/mol. The van der Waals surface area contributed by atoms with E-state index in [1.165, 1.54) is 0 Å². The highest BCUT2D eigenvalue weighted by atomic mass is 16.1. The fraction of sp³-hybridized carbons (Fsp3) is 0.0556. The van der Waals surface area contributed by atoms with Crippen LogP contribution in [-0.2, 0) is 6.54 Å². The Hall–Kier alpha value is -3.01. The van der Waals surface area contributed by atoms with Gasteiger partial charge in [-0.1, -0.05) is 42.5 Å². The summed E-state index contributed by atoms with van der Waals surface area (Å²) in [5.74, 6) is -0.203. The zero-order chi connectivity index (χ0) is 15.2. The van der Waals surface area contributed by atoms with Gasteiger partial charge in [0.15, 0.2) is 0 Å². The smallest absolute Gasteiger partial charge is 0.270 e. The third-order valence-corrected chi connectivity index (χ3v) is 3.26. The molecule has 22 heavy (non-hydrogen) atoms. The molecule has 0 saturated carbocycles. The second-order valence-corrected chi connectivity index (χ2v) is 4.80. The summed E-state index contributed by atoms with van der Waals surface area (Å²) in [6, 6.07) is 19.2. The van der Waals surface area contributed by atoms with Crippen LogP contribution >= 0.6 is 0 Å². The van der Waals surface area contributed by atoms with Crippen molar-refractivity contribution >= 4 is 5.91 Å². The van der Waals surface area contributed by atoms with Crippen LogP contribution in [0.15, 0.2) is 73.1 Å². The van der Waals surface area contributed by atoms with E-state index in [0.29, 0.717) is 12.2 Å². The van der Waals surface area contributed by atoms with E-state index < -0.39 is 0 Å². The molecule has 0 spiro atoms. The number of nitrogens with one attached hydrogen (secondary N) is 1. The molecule has 2 aromatic heterocycles. The minimum absolute atomic E-state index is 0.203. The lowest BCUT2D eigenvalue weighted by Gasteiger charge is -2.05. The molecule has 0 bridgehead atoms. The van der Waals surface area contributed by atoms with E-state index >= 15 is 0 Å². The Morgan fingerprint density at radius 3 is 2.36 bits per heavy atom. The summed E-state index contributed by atoms with van der Waals surface area (Å²) in [6.07, 6.45) is 3.42. The summed E-state index contributed by atoms with van der Waals surface area (Å²) in [7, 11) is 0. The van der Waals surface area contributed by atoms with Crippen LogP contribution in [0.25, 0.3) is 11.1 Å². The molecule has 0 aliphatic rings. The molecule has 1 N–H and O–H groups in total. The zero-order valence-electron chi connectivity index (χ0n) is 11.9. The standard InChI is InChI=1S/C18H15N3O/c22-18(21-13-16-8-4-5-11-19-16)17-10-9-15(12-20-17)14-6-2-1-3-7-14/h1-12H,13H2,(H,21,22). The first-order valence-electron chi connectivity index (χ1n) is 7.02. The average Bonchev–Trinajstić information content (AvgIpc) is 2.61. The van der Waals surface area contributed by atoms with Crippen molar-refractivity contribution in [1.29, 1.82) is 0 Å². The largest absolute Gasteiger partial charge is 0.345 e. The van der Waals surface area contributed by atoms with Gasteiger partial charge in [0, 0.05) is 18.0 Å². The number of rotatable bonds is 4. The number of pyridine rings is 2. The minimum atomic E-state index is -0.203. The predicted molar refractivity (Wildman–Crippen MR) is 85.1 cm³/mol. The van der Waals surface area contributed by atoms with Gasteiger partial charge in [-0.2, -0.15) is 0 Å². The highest BCUT2D eigenvalue weighted by molar-refractivity contribution is 5.92. The van der Waals surface area contributed by atoms with Crippen molar-refractivity contribution in [3.05, 3.63) is 84.4 Å². The molecule has 3 rings (SSSR count). The molecule has 0 radical (unpaired) electrons. The van der Waals surface area contributed by atoms with E-state index in [1.807, 2.05) is 54.6 Å². The lowest BCUT2D eigenvalue weighted by molar-refractivity contribution is 0.0945. The quantitative estimate of drug-likeness (QED) is 0.803. The molecule has 2 heterocycles. The summed E-state index contributed by atoms with van der Waals surface area (Å²) >= 11 is 0. The van der Waals surface area contributed by atoms with E-state index in [0.717, 1.165) is 16.8 Å². The first kappa shape index (κ1) is 13.9. The number of carbonyl (C=O) groups excluding carboxylic acids is 1. The van der Waals surface area contributed by atoms with Crippen LogP contribution in [0.4, 0.5) is 0 Å². The van der Waals surface area contributed by atoms with E-state index in [9.17, 15) is 4.79 Å². The number of hydrogen-bond donors (Lipinski definition) is 1. The third kappa shape index (κ3) is 3.35. The van der Waals surface area contributed by atoms with Gasteiger partial charge in [-0.25, -0.2) is 0 Å². The second kappa shape index (κ2) is 6.63. The van der Waals surface area contributed by atoms with Gasteiger partial charge in [-0.15, -0.1) is 0 Å². The fourth-order valence-electron chi connectivity index (χ4n) is 2.09. The molecule has 4 heteroatoms. The topological polar surface area (TPSA) is 54.9 Å². The van der Waals surface area contributed by atoms with Crippen LogP contribution in [0.3, 0.4) is 0 Å². The third-order valence-electron chi connectivity index (χ3n) is 3.26. The molecule has 0 fully saturated rings. The second-order valence-electron chi connectivity index (χ2n) is 4.80. The van der Waals surface area contributed by atoms with Gasteiger partial charge in [0.2, 0.25) is 0 Å². The SMILES string of the molecule is O=C(NCc1ccccn1)c1ccc(-c2ccccc2)cn1. The molecule has 0 unspecified atom stereocenters. The van der Waals surface area contributed by atoms with Crippen molar-refractivity contribution in [2.45, 2.75) is 6.54 Å². The van der Waals surface area contributed by atoms with E-state index in [-0.39, 0.29) is 5.91 Å². The van der Waals surface area contributed by atoms with Gasteiger partial charge < -0.3 is 5.32 Å². The van der Waals surface area contributed by atoms with E-state index in [1.54, 1.807) is 18.5 Å². The maximum Gasteiger partial charge on any atom is 0.270 e. The molecule has 0 atom stereocenters. The summed E-state index contributed by atoms with van der Waals surface area (Å²) in [5.41, 5.74) is 3.28. The van der Waals surface area contributed by atoms with Gasteiger partial charge in [-0.05, 0) is 23.8 Å². The van der Waals surface area contributed by atoms with Crippen LogP contribution in [0.2, 0.25) is 0 Å². The molecule has 0 saturated heterocycles. The summed E-state index contributed by atoms with van der Waals surface area (Å²) in [5, 5.41) is 2.81. The Morgan fingerprint density at radius 2 is 1.68 bits per heavy atom. The Bertz CT molecular complexity index is 740. The van der Waals surface area contributed by atoms with Crippen molar-refractivity contribution < 1.29 is 4.79 Å². The van der Waals surface area contributed by atoms with Gasteiger partial charge in [0.1, 0.15) is 5.69 Å². The number of benzene rings is 1. The highest BCUT2D eigenvalue weighted by Gasteiger charge is 2.07. The molecule has 108 valence electrons. The molecule has 0 aliphatic carbocycles. The van der Waals surface area contributed by atoms with Gasteiger partial charge in [-0.3, -0.25) is 14.8 Å². The number of aromatic nitrogens is 2. The first-order valence-corrected chi connectivity index (χ1v) is 7.02.